The largest absolute Gasteiger partial charge is 0.506 e. The van der Waals surface area contributed by atoms with Crippen LogP contribution in [-0.4, -0.2) is 22.0 Å². The third-order valence-electron chi connectivity index (χ3n) is 5.45. The first-order valence-corrected chi connectivity index (χ1v) is 11.6. The zero-order chi connectivity index (χ0) is 26.0. The Bertz CT molecular complexity index is 1600. The summed E-state index contributed by atoms with van der Waals surface area (Å²) in [5, 5.41) is 19.9. The van der Waals surface area contributed by atoms with Crippen LogP contribution in [0.3, 0.4) is 0 Å². The number of aromatic carboxylic acids is 1. The number of carbonyl (C=O) groups is 2. The molecule has 2 aromatic rings. The second-order valence-electron chi connectivity index (χ2n) is 8.91. The van der Waals surface area contributed by atoms with Crippen molar-refractivity contribution in [2.24, 2.45) is 5.41 Å². The topological polar surface area (TPSA) is 105 Å². The fraction of sp³-hybridized carbons (Fsp3) is 0.160. The van der Waals surface area contributed by atoms with Crippen LogP contribution in [0, 0.1) is 5.41 Å². The van der Waals surface area contributed by atoms with Crippen molar-refractivity contribution in [2.75, 3.05) is 0 Å². The van der Waals surface area contributed by atoms with E-state index in [1.807, 2.05) is 0 Å². The maximum atomic E-state index is 13.2. The minimum Gasteiger partial charge on any atom is -0.506 e. The summed E-state index contributed by atoms with van der Waals surface area (Å²) in [4.78, 5) is 37.8. The van der Waals surface area contributed by atoms with Gasteiger partial charge in [0.15, 0.2) is 5.78 Å². The number of ketones is 1. The number of hydrogen-bond acceptors (Lipinski definition) is 5. The van der Waals surface area contributed by atoms with Crippen LogP contribution in [0.5, 0.6) is 5.75 Å². The predicted octanol–water partition coefficient (Wildman–Crippen LogP) is 7.81. The number of carbonyl (C=O) groups excluding carboxylic acids is 1. The van der Waals surface area contributed by atoms with Gasteiger partial charge in [-0.05, 0) is 18.2 Å². The number of carboxylic acids is 1. The Hall–Kier alpha value is -2.77. The number of hydrogen-bond donors (Lipinski definition) is 2. The molecule has 1 heterocycles. The Balaban J connectivity index is 2.32. The number of halogens is 4. The van der Waals surface area contributed by atoms with Gasteiger partial charge >= 0.3 is 5.97 Å². The molecule has 2 aliphatic rings. The molecular weight excluding hydrogens is 538 g/mol. The third kappa shape index (κ3) is 4.25. The number of rotatable bonds is 3. The summed E-state index contributed by atoms with van der Waals surface area (Å²) in [6.07, 6.45) is 0. The summed E-state index contributed by atoms with van der Waals surface area (Å²) in [7, 11) is 0. The quantitative estimate of drug-likeness (QED) is 0.198. The summed E-state index contributed by atoms with van der Waals surface area (Å²) >= 11 is 25.5. The van der Waals surface area contributed by atoms with Gasteiger partial charge in [-0.15, -0.1) is 0 Å². The molecular formula is C25H16Cl4O6. The second-order valence-corrected chi connectivity index (χ2v) is 10.5. The van der Waals surface area contributed by atoms with Crippen molar-refractivity contribution >= 4 is 69.1 Å². The van der Waals surface area contributed by atoms with E-state index in [1.165, 1.54) is 24.3 Å². The number of phenolic OH excluding ortho intramolecular Hbond substituents is 1. The van der Waals surface area contributed by atoms with Crippen LogP contribution >= 0.6 is 46.4 Å². The summed E-state index contributed by atoms with van der Waals surface area (Å²) in [5.74, 6) is -2.03. The normalized spacial score (nSPS) is 11.9. The molecule has 0 amide bonds. The Morgan fingerprint density at radius 3 is 2.14 bits per heavy atom. The molecule has 0 bridgehead atoms. The van der Waals surface area contributed by atoms with E-state index >= 15 is 0 Å². The fourth-order valence-electron chi connectivity index (χ4n) is 3.81. The molecule has 0 fully saturated rings. The molecule has 0 aromatic heterocycles. The molecule has 0 atom stereocenters. The van der Waals surface area contributed by atoms with E-state index in [0.717, 1.165) is 6.07 Å². The van der Waals surface area contributed by atoms with Crippen LogP contribution < -0.4 is 5.43 Å². The Morgan fingerprint density at radius 2 is 1.54 bits per heavy atom. The van der Waals surface area contributed by atoms with E-state index in [4.69, 9.17) is 50.8 Å². The van der Waals surface area contributed by atoms with Gasteiger partial charge in [0.05, 0.1) is 25.7 Å². The van der Waals surface area contributed by atoms with Gasteiger partial charge in [-0.25, -0.2) is 4.79 Å². The highest BCUT2D eigenvalue weighted by Crippen LogP contribution is 2.49. The van der Waals surface area contributed by atoms with Gasteiger partial charge in [0.25, 0.3) is 0 Å². The van der Waals surface area contributed by atoms with Crippen molar-refractivity contribution in [2.45, 2.75) is 20.8 Å². The first-order valence-electron chi connectivity index (χ1n) is 10.1. The summed E-state index contributed by atoms with van der Waals surface area (Å²) in [6, 6.07) is 6.25. The van der Waals surface area contributed by atoms with E-state index in [0.29, 0.717) is 0 Å². The summed E-state index contributed by atoms with van der Waals surface area (Å²) in [5.41, 5.74) is -1.37. The fourth-order valence-corrected chi connectivity index (χ4v) is 4.75. The Kier molecular flexibility index (Phi) is 6.31. The van der Waals surface area contributed by atoms with Crippen molar-refractivity contribution in [1.82, 2.24) is 0 Å². The first-order chi connectivity index (χ1) is 16.2. The molecule has 4 rings (SSSR count). The average molecular weight is 554 g/mol. The van der Waals surface area contributed by atoms with Gasteiger partial charge in [-0.2, -0.15) is 0 Å². The third-order valence-corrected chi connectivity index (χ3v) is 6.74. The average Bonchev–Trinajstić information content (AvgIpc) is 2.74. The van der Waals surface area contributed by atoms with E-state index in [2.05, 4.69) is 0 Å². The van der Waals surface area contributed by atoms with Gasteiger partial charge in [-0.3, -0.25) is 9.59 Å². The van der Waals surface area contributed by atoms with Crippen molar-refractivity contribution in [3.63, 3.8) is 0 Å². The maximum Gasteiger partial charge on any atom is 0.337 e. The molecule has 10 heteroatoms. The highest BCUT2D eigenvalue weighted by molar-refractivity contribution is 6.42. The van der Waals surface area contributed by atoms with Gasteiger partial charge in [0.2, 0.25) is 5.43 Å². The minimum absolute atomic E-state index is 0.0164. The molecule has 2 aromatic carbocycles. The summed E-state index contributed by atoms with van der Waals surface area (Å²) < 4.78 is 5.81. The smallest absolute Gasteiger partial charge is 0.337 e. The molecule has 0 saturated carbocycles. The van der Waals surface area contributed by atoms with Crippen LogP contribution in [0.4, 0.5) is 0 Å². The lowest BCUT2D eigenvalue weighted by Crippen LogP contribution is -2.21. The number of benzene rings is 3. The molecule has 6 nitrogen and oxygen atoms in total. The van der Waals surface area contributed by atoms with E-state index in [9.17, 15) is 24.6 Å². The molecule has 35 heavy (non-hydrogen) atoms. The van der Waals surface area contributed by atoms with Crippen molar-refractivity contribution in [3.8, 4) is 28.2 Å². The van der Waals surface area contributed by atoms with E-state index in [-0.39, 0.29) is 76.2 Å². The van der Waals surface area contributed by atoms with Gasteiger partial charge in [-0.1, -0.05) is 67.2 Å². The van der Waals surface area contributed by atoms with Gasteiger partial charge in [0, 0.05) is 45.2 Å². The van der Waals surface area contributed by atoms with Crippen molar-refractivity contribution in [3.05, 3.63) is 71.8 Å². The Labute approximate surface area is 218 Å². The molecule has 0 saturated heterocycles. The van der Waals surface area contributed by atoms with E-state index in [1.54, 1.807) is 20.8 Å². The van der Waals surface area contributed by atoms with Crippen molar-refractivity contribution in [1.29, 1.82) is 0 Å². The van der Waals surface area contributed by atoms with Gasteiger partial charge < -0.3 is 14.6 Å². The van der Waals surface area contributed by atoms with Crippen LogP contribution in [0.15, 0.2) is 39.5 Å². The number of phenols is 1. The van der Waals surface area contributed by atoms with Gasteiger partial charge in [0.1, 0.15) is 17.1 Å². The highest BCUT2D eigenvalue weighted by Gasteiger charge is 2.33. The number of Topliss-reactive ketones (excluding diaryl/α,β-unsaturated/α-hetero) is 1. The number of fused-ring (bicyclic) bond motifs is 2. The monoisotopic (exact) mass is 552 g/mol. The van der Waals surface area contributed by atoms with Crippen LogP contribution in [0.1, 0.15) is 41.5 Å². The van der Waals surface area contributed by atoms with Crippen LogP contribution in [0.2, 0.25) is 20.1 Å². The lowest BCUT2D eigenvalue weighted by Gasteiger charge is -2.23. The summed E-state index contributed by atoms with van der Waals surface area (Å²) in [6.45, 7) is 5.07. The second kappa shape index (κ2) is 8.71. The first kappa shape index (κ1) is 25.3. The molecule has 1 aliphatic carbocycles. The van der Waals surface area contributed by atoms with E-state index < -0.39 is 16.8 Å². The number of aromatic hydroxyl groups is 1. The standard InChI is InChI=1S/C25H16Cl4O6/c1-25(2,3)23(32)11-6-14(28)20(24(33)34)21(22(11)29)19-9-4-12(26)15(30)7-17(9)35-18-8-16(31)13(27)5-10(18)19/h4-8,30H,1-3H3,(H,33,34). The molecule has 0 radical (unpaired) electrons. The molecule has 180 valence electrons. The molecule has 1 aliphatic heterocycles. The zero-order valence-corrected chi connectivity index (χ0v) is 21.4. The Morgan fingerprint density at radius 1 is 0.886 bits per heavy atom. The highest BCUT2D eigenvalue weighted by atomic mass is 35.5. The lowest BCUT2D eigenvalue weighted by molar-refractivity contribution is 0.0697. The van der Waals surface area contributed by atoms with Crippen LogP contribution in [0.25, 0.3) is 33.4 Å². The zero-order valence-electron chi connectivity index (χ0n) is 18.4. The maximum absolute atomic E-state index is 13.2. The molecule has 0 spiro atoms. The predicted molar refractivity (Wildman–Crippen MR) is 137 cm³/mol. The lowest BCUT2D eigenvalue weighted by atomic mass is 9.83. The van der Waals surface area contributed by atoms with Crippen molar-refractivity contribution < 1.29 is 24.2 Å². The molecule has 0 unspecified atom stereocenters. The van der Waals surface area contributed by atoms with Crippen LogP contribution in [-0.2, 0) is 0 Å². The SMILES string of the molecule is CC(C)(C)C(=O)c1cc(Cl)c(C(=O)O)c(-c2c3cc(Cl)c(=O)cc-3oc3cc(O)c(Cl)cc23)c1Cl. The molecule has 2 N–H and O–H groups in total. The number of carboxylic acid groups (broad SMARTS) is 1. The minimum atomic E-state index is -1.40.